The van der Waals surface area contributed by atoms with E-state index in [9.17, 15) is 18.0 Å². The molecule has 0 aliphatic heterocycles. The third-order valence-electron chi connectivity index (χ3n) is 3.81. The molecule has 0 bridgehead atoms. The van der Waals surface area contributed by atoms with Crippen LogP contribution in [0.3, 0.4) is 0 Å². The van der Waals surface area contributed by atoms with Gasteiger partial charge < -0.3 is 10.1 Å². The molecule has 0 heterocycles. The van der Waals surface area contributed by atoms with Gasteiger partial charge in [-0.2, -0.15) is 13.2 Å². The Morgan fingerprint density at radius 3 is 2.35 bits per heavy atom. The fraction of sp³-hybridized carbons (Fsp3) is 0.316. The number of alkyl halides is 3. The molecule has 2 rings (SSSR count). The average molecular weight is 386 g/mol. The minimum Gasteiger partial charge on any atom is -0.481 e. The van der Waals surface area contributed by atoms with Crippen molar-refractivity contribution in [2.45, 2.75) is 39.0 Å². The first-order valence-electron chi connectivity index (χ1n) is 8.17. The van der Waals surface area contributed by atoms with Gasteiger partial charge in [0.05, 0.1) is 10.6 Å². The van der Waals surface area contributed by atoms with E-state index in [4.69, 9.17) is 16.3 Å². The van der Waals surface area contributed by atoms with Gasteiger partial charge in [-0.1, -0.05) is 37.6 Å². The molecule has 0 saturated carbocycles. The zero-order chi connectivity index (χ0) is 19.3. The van der Waals surface area contributed by atoms with Crippen molar-refractivity contribution in [2.24, 2.45) is 0 Å². The fourth-order valence-corrected chi connectivity index (χ4v) is 2.56. The maximum atomic E-state index is 12.9. The molecule has 7 heteroatoms. The van der Waals surface area contributed by atoms with E-state index in [0.717, 1.165) is 24.1 Å². The number of amides is 1. The summed E-state index contributed by atoms with van der Waals surface area (Å²) in [6.45, 7) is 3.78. The molecular formula is C19H19ClF3NO2. The molecule has 0 spiro atoms. The molecule has 0 unspecified atom stereocenters. The van der Waals surface area contributed by atoms with Crippen molar-refractivity contribution in [3.63, 3.8) is 0 Å². The standard InChI is InChI=1S/C19H19ClF3NO2/c1-3-12-5-8-14(9-6-12)26-17(4-2)18(25)24-13-7-10-16(20)15(11-13)19(21,22)23/h5-11,17H,3-4H2,1-2H3,(H,24,25)/t17-/m1/s1. The SMILES string of the molecule is CCc1ccc(O[C@H](CC)C(=O)Nc2ccc(Cl)c(C(F)(F)F)c2)cc1. The summed E-state index contributed by atoms with van der Waals surface area (Å²) in [5, 5.41) is 2.03. The average Bonchev–Trinajstić information content (AvgIpc) is 2.60. The summed E-state index contributed by atoms with van der Waals surface area (Å²) >= 11 is 5.58. The van der Waals surface area contributed by atoms with Crippen molar-refractivity contribution in [3.8, 4) is 5.75 Å². The van der Waals surface area contributed by atoms with Crippen molar-refractivity contribution in [1.29, 1.82) is 0 Å². The third kappa shape index (κ3) is 5.14. The number of rotatable bonds is 6. The van der Waals surface area contributed by atoms with Crippen LogP contribution >= 0.6 is 11.6 Å². The topological polar surface area (TPSA) is 38.3 Å². The number of anilines is 1. The number of benzene rings is 2. The van der Waals surface area contributed by atoms with Crippen LogP contribution in [0, 0.1) is 0 Å². The second kappa shape index (κ2) is 8.45. The van der Waals surface area contributed by atoms with E-state index in [1.165, 1.54) is 6.07 Å². The predicted octanol–water partition coefficient (Wildman–Crippen LogP) is 5.72. The van der Waals surface area contributed by atoms with Gasteiger partial charge in [0, 0.05) is 5.69 Å². The highest BCUT2D eigenvalue weighted by molar-refractivity contribution is 6.31. The van der Waals surface area contributed by atoms with E-state index in [2.05, 4.69) is 5.32 Å². The number of aryl methyl sites for hydroxylation is 1. The smallest absolute Gasteiger partial charge is 0.417 e. The quantitative estimate of drug-likeness (QED) is 0.690. The lowest BCUT2D eigenvalue weighted by Gasteiger charge is -2.18. The molecule has 1 amide bonds. The summed E-state index contributed by atoms with van der Waals surface area (Å²) in [7, 11) is 0. The van der Waals surface area contributed by atoms with E-state index in [1.807, 2.05) is 19.1 Å². The second-order valence-corrected chi connectivity index (χ2v) is 6.10. The molecule has 0 aliphatic rings. The highest BCUT2D eigenvalue weighted by Crippen LogP contribution is 2.36. The third-order valence-corrected chi connectivity index (χ3v) is 4.14. The number of hydrogen-bond acceptors (Lipinski definition) is 2. The molecule has 0 aromatic heterocycles. The summed E-state index contributed by atoms with van der Waals surface area (Å²) < 4.78 is 44.4. The van der Waals surface area contributed by atoms with Crippen LogP contribution in [0.25, 0.3) is 0 Å². The van der Waals surface area contributed by atoms with Crippen LogP contribution in [-0.4, -0.2) is 12.0 Å². The lowest BCUT2D eigenvalue weighted by Crippen LogP contribution is -2.32. The molecule has 2 aromatic carbocycles. The Morgan fingerprint density at radius 1 is 1.15 bits per heavy atom. The van der Waals surface area contributed by atoms with Gasteiger partial charge in [0.15, 0.2) is 6.10 Å². The second-order valence-electron chi connectivity index (χ2n) is 5.69. The predicted molar refractivity (Wildman–Crippen MR) is 95.6 cm³/mol. The molecule has 1 atom stereocenters. The minimum atomic E-state index is -4.60. The summed E-state index contributed by atoms with van der Waals surface area (Å²) in [4.78, 5) is 12.4. The maximum absolute atomic E-state index is 12.9. The fourth-order valence-electron chi connectivity index (χ4n) is 2.33. The first kappa shape index (κ1) is 20.1. The normalized spacial score (nSPS) is 12.5. The maximum Gasteiger partial charge on any atom is 0.417 e. The molecule has 2 aromatic rings. The molecule has 0 fully saturated rings. The Balaban J connectivity index is 2.11. The highest BCUT2D eigenvalue weighted by atomic mass is 35.5. The van der Waals surface area contributed by atoms with Gasteiger partial charge in [-0.05, 0) is 48.7 Å². The largest absolute Gasteiger partial charge is 0.481 e. The summed E-state index contributed by atoms with van der Waals surface area (Å²) in [6, 6.07) is 10.5. The highest BCUT2D eigenvalue weighted by Gasteiger charge is 2.33. The molecule has 0 aliphatic carbocycles. The Morgan fingerprint density at radius 2 is 1.81 bits per heavy atom. The number of carbonyl (C=O) groups excluding carboxylic acids is 1. The summed E-state index contributed by atoms with van der Waals surface area (Å²) in [6.07, 6.45) is -4.18. The number of ether oxygens (including phenoxy) is 1. The Kier molecular flexibility index (Phi) is 6.53. The Labute approximate surface area is 155 Å². The van der Waals surface area contributed by atoms with Gasteiger partial charge in [0.1, 0.15) is 5.75 Å². The van der Waals surface area contributed by atoms with Gasteiger partial charge in [-0.25, -0.2) is 0 Å². The number of nitrogens with one attached hydrogen (secondary N) is 1. The van der Waals surface area contributed by atoms with Crippen molar-refractivity contribution in [1.82, 2.24) is 0 Å². The summed E-state index contributed by atoms with van der Waals surface area (Å²) in [5.41, 5.74) is 0.145. The number of hydrogen-bond donors (Lipinski definition) is 1. The van der Waals surface area contributed by atoms with Gasteiger partial charge in [-0.15, -0.1) is 0 Å². The Bertz CT molecular complexity index is 760. The van der Waals surface area contributed by atoms with Gasteiger partial charge in [-0.3, -0.25) is 4.79 Å². The molecule has 0 radical (unpaired) electrons. The van der Waals surface area contributed by atoms with Gasteiger partial charge >= 0.3 is 6.18 Å². The van der Waals surface area contributed by atoms with Crippen molar-refractivity contribution < 1.29 is 22.7 Å². The Hall–Kier alpha value is -2.21. The van der Waals surface area contributed by atoms with E-state index in [-0.39, 0.29) is 5.69 Å². The zero-order valence-electron chi connectivity index (χ0n) is 14.4. The number of halogens is 4. The van der Waals surface area contributed by atoms with Crippen molar-refractivity contribution in [3.05, 3.63) is 58.6 Å². The minimum absolute atomic E-state index is 0.00936. The van der Waals surface area contributed by atoms with Crippen LogP contribution < -0.4 is 10.1 Å². The lowest BCUT2D eigenvalue weighted by molar-refractivity contribution is -0.137. The van der Waals surface area contributed by atoms with E-state index >= 15 is 0 Å². The molecule has 1 N–H and O–H groups in total. The van der Waals surface area contributed by atoms with E-state index in [1.54, 1.807) is 19.1 Å². The lowest BCUT2D eigenvalue weighted by atomic mass is 10.1. The van der Waals surface area contributed by atoms with Crippen LogP contribution in [0.15, 0.2) is 42.5 Å². The van der Waals surface area contributed by atoms with Crippen LogP contribution in [0.5, 0.6) is 5.75 Å². The monoisotopic (exact) mass is 385 g/mol. The molecule has 3 nitrogen and oxygen atoms in total. The van der Waals surface area contributed by atoms with Crippen LogP contribution in [0.1, 0.15) is 31.4 Å². The van der Waals surface area contributed by atoms with Crippen LogP contribution in [0.4, 0.5) is 18.9 Å². The van der Waals surface area contributed by atoms with Gasteiger partial charge in [0.2, 0.25) is 0 Å². The van der Waals surface area contributed by atoms with Crippen molar-refractivity contribution in [2.75, 3.05) is 5.32 Å². The number of carbonyl (C=O) groups is 1. The van der Waals surface area contributed by atoms with Crippen LogP contribution in [0.2, 0.25) is 5.02 Å². The zero-order valence-corrected chi connectivity index (χ0v) is 15.1. The van der Waals surface area contributed by atoms with Crippen LogP contribution in [-0.2, 0) is 17.4 Å². The van der Waals surface area contributed by atoms with E-state index in [0.29, 0.717) is 12.2 Å². The summed E-state index contributed by atoms with van der Waals surface area (Å²) in [5.74, 6) is -0.00111. The van der Waals surface area contributed by atoms with Gasteiger partial charge in [0.25, 0.3) is 5.91 Å². The molecular weight excluding hydrogens is 367 g/mol. The first-order valence-corrected chi connectivity index (χ1v) is 8.55. The van der Waals surface area contributed by atoms with Crippen molar-refractivity contribution >= 4 is 23.2 Å². The first-order chi connectivity index (χ1) is 12.2. The molecule has 0 saturated heterocycles. The molecule has 140 valence electrons. The molecule has 26 heavy (non-hydrogen) atoms. The van der Waals surface area contributed by atoms with E-state index < -0.39 is 28.8 Å².